The van der Waals surface area contributed by atoms with Gasteiger partial charge in [-0.3, -0.25) is 9.59 Å². The number of aliphatic carboxylic acids is 1. The Balaban J connectivity index is 1.93. The quantitative estimate of drug-likeness (QED) is 0.764. The average molecular weight is 284 g/mol. The number of ether oxygens (including phenoxy) is 1. The molecule has 3 N–H and O–H groups in total. The minimum absolute atomic E-state index is 0.0116. The number of carboxylic acids is 1. The lowest BCUT2D eigenvalue weighted by molar-refractivity contribution is -0.184. The molecule has 2 rings (SSSR count). The van der Waals surface area contributed by atoms with Gasteiger partial charge in [0.25, 0.3) is 0 Å². The molecule has 2 atom stereocenters. The smallest absolute Gasteiger partial charge is 0.303 e. The summed E-state index contributed by atoms with van der Waals surface area (Å²) in [6.45, 7) is 7.47. The van der Waals surface area contributed by atoms with Crippen LogP contribution in [0.3, 0.4) is 0 Å². The zero-order valence-corrected chi connectivity index (χ0v) is 12.4. The van der Waals surface area contributed by atoms with E-state index in [0.717, 1.165) is 0 Å². The number of carbonyl (C=O) groups is 2. The first-order valence-corrected chi connectivity index (χ1v) is 7.14. The summed E-state index contributed by atoms with van der Waals surface area (Å²) in [5.74, 6) is -0.823. The maximum Gasteiger partial charge on any atom is 0.303 e. The van der Waals surface area contributed by atoms with Crippen LogP contribution in [0.25, 0.3) is 0 Å². The Morgan fingerprint density at radius 2 is 2.00 bits per heavy atom. The number of hydrogen-bond donors (Lipinski definition) is 2. The minimum Gasteiger partial charge on any atom is -0.481 e. The van der Waals surface area contributed by atoms with Gasteiger partial charge in [0.2, 0.25) is 5.91 Å². The molecule has 6 heteroatoms. The molecule has 0 spiro atoms. The lowest BCUT2D eigenvalue weighted by Gasteiger charge is -2.60. The molecular formula is C14H24N2O4. The van der Waals surface area contributed by atoms with Crippen LogP contribution < -0.4 is 5.73 Å². The second-order valence-electron chi connectivity index (χ2n) is 6.52. The first-order chi connectivity index (χ1) is 9.22. The van der Waals surface area contributed by atoms with Crippen LogP contribution in [0.1, 0.15) is 33.6 Å². The molecule has 1 heterocycles. The van der Waals surface area contributed by atoms with Gasteiger partial charge in [0, 0.05) is 37.5 Å². The average Bonchev–Trinajstić information content (AvgIpc) is 2.31. The molecule has 2 fully saturated rings. The highest BCUT2D eigenvalue weighted by molar-refractivity contribution is 5.89. The fourth-order valence-electron chi connectivity index (χ4n) is 3.19. The SMILES string of the molecule is CCOC1CC(N)(C(=O)N2CC(CC(=O)O)C2)C1(C)C. The van der Waals surface area contributed by atoms with Crippen molar-refractivity contribution in [3.8, 4) is 0 Å². The standard InChI is InChI=1S/C14H24N2O4/c1-4-20-10-6-14(15,13(10,2)3)12(19)16-7-9(8-16)5-11(17)18/h9-10H,4-8,15H2,1-3H3,(H,17,18). The number of likely N-dealkylation sites (tertiary alicyclic amines) is 1. The third kappa shape index (κ3) is 2.20. The Hall–Kier alpha value is -1.14. The van der Waals surface area contributed by atoms with Gasteiger partial charge in [-0.25, -0.2) is 0 Å². The predicted molar refractivity (Wildman–Crippen MR) is 73.1 cm³/mol. The molecule has 1 saturated heterocycles. The van der Waals surface area contributed by atoms with Crippen molar-refractivity contribution < 1.29 is 19.4 Å². The lowest BCUT2D eigenvalue weighted by Crippen LogP contribution is -2.77. The number of amides is 1. The molecule has 0 aromatic rings. The predicted octanol–water partition coefficient (Wildman–Crippen LogP) is 0.452. The molecule has 2 aliphatic rings. The highest BCUT2D eigenvalue weighted by atomic mass is 16.5. The molecule has 6 nitrogen and oxygen atoms in total. The second kappa shape index (κ2) is 5.00. The minimum atomic E-state index is -0.888. The van der Waals surface area contributed by atoms with Crippen LogP contribution in [0.5, 0.6) is 0 Å². The largest absolute Gasteiger partial charge is 0.481 e. The first kappa shape index (κ1) is 15.3. The lowest BCUT2D eigenvalue weighted by atomic mass is 9.54. The van der Waals surface area contributed by atoms with Crippen molar-refractivity contribution in [2.45, 2.75) is 45.3 Å². The molecule has 1 amide bonds. The van der Waals surface area contributed by atoms with E-state index in [1.54, 1.807) is 4.90 Å². The molecule has 20 heavy (non-hydrogen) atoms. The topological polar surface area (TPSA) is 92.9 Å². The van der Waals surface area contributed by atoms with Crippen LogP contribution in [0.4, 0.5) is 0 Å². The highest BCUT2D eigenvalue weighted by Gasteiger charge is 2.64. The van der Waals surface area contributed by atoms with E-state index in [-0.39, 0.29) is 24.3 Å². The molecule has 0 aromatic carbocycles. The van der Waals surface area contributed by atoms with Gasteiger partial charge in [0.05, 0.1) is 12.5 Å². The highest BCUT2D eigenvalue weighted by Crippen LogP contribution is 2.51. The Labute approximate surface area is 119 Å². The monoisotopic (exact) mass is 284 g/mol. The molecule has 0 aromatic heterocycles. The van der Waals surface area contributed by atoms with Crippen molar-refractivity contribution in [3.63, 3.8) is 0 Å². The van der Waals surface area contributed by atoms with Crippen LogP contribution in [0.15, 0.2) is 0 Å². The van der Waals surface area contributed by atoms with Crippen molar-refractivity contribution in [2.75, 3.05) is 19.7 Å². The maximum atomic E-state index is 12.5. The summed E-state index contributed by atoms with van der Waals surface area (Å²) in [5.41, 5.74) is 5.04. The van der Waals surface area contributed by atoms with Gasteiger partial charge in [0.15, 0.2) is 0 Å². The van der Waals surface area contributed by atoms with E-state index in [2.05, 4.69) is 0 Å². The number of carbonyl (C=O) groups excluding carboxylic acids is 1. The van der Waals surface area contributed by atoms with E-state index in [1.165, 1.54) is 0 Å². The van der Waals surface area contributed by atoms with Crippen LogP contribution in [-0.2, 0) is 14.3 Å². The summed E-state index contributed by atoms with van der Waals surface area (Å²) >= 11 is 0. The molecule has 114 valence electrons. The summed E-state index contributed by atoms with van der Waals surface area (Å²) in [7, 11) is 0. The van der Waals surface area contributed by atoms with Gasteiger partial charge in [-0.05, 0) is 6.92 Å². The molecule has 1 saturated carbocycles. The van der Waals surface area contributed by atoms with Crippen LogP contribution >= 0.6 is 0 Å². The Kier molecular flexibility index (Phi) is 3.81. The fraction of sp³-hybridized carbons (Fsp3) is 0.857. The van der Waals surface area contributed by atoms with Gasteiger partial charge in [-0.2, -0.15) is 0 Å². The number of hydrogen-bond acceptors (Lipinski definition) is 4. The molecule has 1 aliphatic carbocycles. The normalized spacial score (nSPS) is 32.4. The zero-order chi connectivity index (χ0) is 15.1. The summed E-state index contributed by atoms with van der Waals surface area (Å²) in [6, 6.07) is 0. The van der Waals surface area contributed by atoms with Crippen molar-refractivity contribution in [2.24, 2.45) is 17.1 Å². The summed E-state index contributed by atoms with van der Waals surface area (Å²) in [4.78, 5) is 24.8. The third-order valence-electron chi connectivity index (χ3n) is 4.92. The van der Waals surface area contributed by atoms with E-state index in [1.807, 2.05) is 20.8 Å². The molecule has 0 bridgehead atoms. The number of carboxylic acid groups (broad SMARTS) is 1. The van der Waals surface area contributed by atoms with Crippen molar-refractivity contribution in [1.29, 1.82) is 0 Å². The van der Waals surface area contributed by atoms with E-state index in [9.17, 15) is 9.59 Å². The summed E-state index contributed by atoms with van der Waals surface area (Å²) in [5, 5.41) is 8.72. The second-order valence-corrected chi connectivity index (χ2v) is 6.52. The van der Waals surface area contributed by atoms with E-state index >= 15 is 0 Å². The summed E-state index contributed by atoms with van der Waals surface area (Å²) in [6.07, 6.45) is 0.663. The molecule has 2 unspecified atom stereocenters. The van der Waals surface area contributed by atoms with E-state index < -0.39 is 16.9 Å². The van der Waals surface area contributed by atoms with Gasteiger partial charge < -0.3 is 20.5 Å². The Bertz CT molecular complexity index is 417. The van der Waals surface area contributed by atoms with Gasteiger partial charge in [-0.15, -0.1) is 0 Å². The third-order valence-corrected chi connectivity index (χ3v) is 4.92. The zero-order valence-electron chi connectivity index (χ0n) is 12.4. The van der Waals surface area contributed by atoms with E-state index in [0.29, 0.717) is 26.1 Å². The molecular weight excluding hydrogens is 260 g/mol. The maximum absolute atomic E-state index is 12.5. The fourth-order valence-corrected chi connectivity index (χ4v) is 3.19. The van der Waals surface area contributed by atoms with Crippen molar-refractivity contribution in [3.05, 3.63) is 0 Å². The first-order valence-electron chi connectivity index (χ1n) is 7.14. The molecule has 1 aliphatic heterocycles. The number of nitrogens with zero attached hydrogens (tertiary/aromatic N) is 1. The van der Waals surface area contributed by atoms with Crippen LogP contribution in [0.2, 0.25) is 0 Å². The summed E-state index contributed by atoms with van der Waals surface area (Å²) < 4.78 is 5.62. The Morgan fingerprint density at radius 1 is 1.40 bits per heavy atom. The number of rotatable bonds is 5. The van der Waals surface area contributed by atoms with Gasteiger partial charge in [0.1, 0.15) is 5.54 Å². The van der Waals surface area contributed by atoms with Crippen molar-refractivity contribution in [1.82, 2.24) is 4.90 Å². The van der Waals surface area contributed by atoms with Crippen LogP contribution in [0, 0.1) is 11.3 Å². The Morgan fingerprint density at radius 3 is 2.45 bits per heavy atom. The van der Waals surface area contributed by atoms with Gasteiger partial charge >= 0.3 is 5.97 Å². The van der Waals surface area contributed by atoms with Crippen molar-refractivity contribution >= 4 is 11.9 Å². The van der Waals surface area contributed by atoms with Crippen LogP contribution in [-0.4, -0.2) is 53.2 Å². The molecule has 0 radical (unpaired) electrons. The number of nitrogens with two attached hydrogens (primary N) is 1. The van der Waals surface area contributed by atoms with E-state index in [4.69, 9.17) is 15.6 Å². The van der Waals surface area contributed by atoms with Gasteiger partial charge in [-0.1, -0.05) is 13.8 Å².